The first kappa shape index (κ1) is 15.5. The van der Waals surface area contributed by atoms with Gasteiger partial charge in [-0.25, -0.2) is 9.97 Å². The van der Waals surface area contributed by atoms with E-state index in [-0.39, 0.29) is 0 Å². The van der Waals surface area contributed by atoms with Crippen LogP contribution in [0.25, 0.3) is 10.2 Å². The number of anilines is 1. The number of rotatable bonds is 3. The summed E-state index contributed by atoms with van der Waals surface area (Å²) in [6, 6.07) is 7.55. The van der Waals surface area contributed by atoms with Gasteiger partial charge in [0.2, 0.25) is 0 Å². The smallest absolute Gasteiger partial charge is 0.158 e. The van der Waals surface area contributed by atoms with E-state index in [9.17, 15) is 0 Å². The number of aryl methyl sites for hydroxylation is 1. The zero-order chi connectivity index (χ0) is 16.5. The lowest BCUT2D eigenvalue weighted by atomic mass is 9.89. The number of thiophene rings is 1. The second kappa shape index (κ2) is 6.49. The van der Waals surface area contributed by atoms with Gasteiger partial charge in [-0.2, -0.15) is 5.10 Å². The van der Waals surface area contributed by atoms with Crippen LogP contribution < -0.4 is 5.43 Å². The molecule has 1 aliphatic carbocycles. The molecule has 0 bridgehead atoms. The maximum absolute atomic E-state index is 5.90. The van der Waals surface area contributed by atoms with Gasteiger partial charge in [-0.1, -0.05) is 30.7 Å². The van der Waals surface area contributed by atoms with E-state index in [1.165, 1.54) is 16.9 Å². The molecule has 0 amide bonds. The van der Waals surface area contributed by atoms with Gasteiger partial charge in [0.15, 0.2) is 5.82 Å². The monoisotopic (exact) mass is 356 g/mol. The van der Waals surface area contributed by atoms with Crippen LogP contribution in [0.2, 0.25) is 5.02 Å². The molecule has 1 aliphatic rings. The number of benzene rings is 1. The summed E-state index contributed by atoms with van der Waals surface area (Å²) in [5, 5.41) is 6.19. The average molecular weight is 357 g/mol. The molecule has 0 unspecified atom stereocenters. The van der Waals surface area contributed by atoms with Crippen molar-refractivity contribution in [2.45, 2.75) is 26.2 Å². The SMILES string of the molecule is C[C@@H]1CCc2c(sc3ncnc(N/N=C/c4ccc(Cl)cc4)c23)C1. The van der Waals surface area contributed by atoms with Crippen molar-refractivity contribution in [3.8, 4) is 0 Å². The van der Waals surface area contributed by atoms with Gasteiger partial charge < -0.3 is 0 Å². The molecule has 24 heavy (non-hydrogen) atoms. The summed E-state index contributed by atoms with van der Waals surface area (Å²) >= 11 is 7.69. The van der Waals surface area contributed by atoms with Gasteiger partial charge in [-0.05, 0) is 48.4 Å². The number of halogens is 1. The van der Waals surface area contributed by atoms with E-state index in [2.05, 4.69) is 27.4 Å². The predicted molar refractivity (Wildman–Crippen MR) is 101 cm³/mol. The van der Waals surface area contributed by atoms with Crippen molar-refractivity contribution >= 4 is 45.2 Å². The van der Waals surface area contributed by atoms with Gasteiger partial charge in [0.1, 0.15) is 11.2 Å². The molecule has 0 spiro atoms. The number of nitrogens with one attached hydrogen (secondary N) is 1. The molecule has 0 fully saturated rings. The van der Waals surface area contributed by atoms with Crippen LogP contribution in [-0.2, 0) is 12.8 Å². The molecule has 4 nitrogen and oxygen atoms in total. The molecule has 2 heterocycles. The van der Waals surface area contributed by atoms with Gasteiger partial charge in [0.25, 0.3) is 0 Å². The summed E-state index contributed by atoms with van der Waals surface area (Å²) < 4.78 is 0. The van der Waals surface area contributed by atoms with Crippen LogP contribution in [0.5, 0.6) is 0 Å². The minimum absolute atomic E-state index is 0.719. The van der Waals surface area contributed by atoms with Crippen molar-refractivity contribution in [2.24, 2.45) is 11.0 Å². The molecule has 1 aromatic carbocycles. The fourth-order valence-electron chi connectivity index (χ4n) is 3.08. The molecule has 3 aromatic rings. The highest BCUT2D eigenvalue weighted by atomic mass is 35.5. The van der Waals surface area contributed by atoms with Gasteiger partial charge in [-0.15, -0.1) is 11.3 Å². The van der Waals surface area contributed by atoms with Crippen molar-refractivity contribution in [3.05, 3.63) is 51.6 Å². The molecule has 0 saturated heterocycles. The molecule has 4 rings (SSSR count). The first-order valence-corrected chi connectivity index (χ1v) is 9.20. The molecule has 1 N–H and O–H groups in total. The summed E-state index contributed by atoms with van der Waals surface area (Å²) in [6.07, 6.45) is 6.84. The van der Waals surface area contributed by atoms with Crippen LogP contribution in [0.15, 0.2) is 35.7 Å². The largest absolute Gasteiger partial charge is 0.261 e. The molecule has 122 valence electrons. The van der Waals surface area contributed by atoms with Gasteiger partial charge in [-0.3, -0.25) is 5.43 Å². The molecule has 0 aliphatic heterocycles. The lowest BCUT2D eigenvalue weighted by molar-refractivity contribution is 0.509. The molecule has 2 aromatic heterocycles. The average Bonchev–Trinajstić information content (AvgIpc) is 2.95. The summed E-state index contributed by atoms with van der Waals surface area (Å²) in [4.78, 5) is 11.4. The minimum Gasteiger partial charge on any atom is -0.261 e. The molecule has 1 atom stereocenters. The summed E-state index contributed by atoms with van der Waals surface area (Å²) in [7, 11) is 0. The fourth-order valence-corrected chi connectivity index (χ4v) is 4.55. The summed E-state index contributed by atoms with van der Waals surface area (Å²) in [6.45, 7) is 2.31. The van der Waals surface area contributed by atoms with E-state index < -0.39 is 0 Å². The van der Waals surface area contributed by atoms with E-state index in [1.807, 2.05) is 24.3 Å². The number of nitrogens with zero attached hydrogens (tertiary/aromatic N) is 3. The van der Waals surface area contributed by atoms with E-state index in [0.29, 0.717) is 0 Å². The molecule has 0 radical (unpaired) electrons. The third-order valence-electron chi connectivity index (χ3n) is 4.35. The first-order valence-electron chi connectivity index (χ1n) is 8.00. The van der Waals surface area contributed by atoms with Gasteiger partial charge in [0, 0.05) is 9.90 Å². The fraction of sp³-hybridized carbons (Fsp3) is 0.278. The molecular formula is C18H17ClN4S. The maximum Gasteiger partial charge on any atom is 0.158 e. The van der Waals surface area contributed by atoms with E-state index in [1.54, 1.807) is 23.9 Å². The Labute approximate surface area is 149 Å². The van der Waals surface area contributed by atoms with Crippen LogP contribution in [0.1, 0.15) is 29.3 Å². The van der Waals surface area contributed by atoms with Crippen LogP contribution >= 0.6 is 22.9 Å². The van der Waals surface area contributed by atoms with E-state index in [4.69, 9.17) is 11.6 Å². The third-order valence-corrected chi connectivity index (χ3v) is 5.76. The highest BCUT2D eigenvalue weighted by Gasteiger charge is 2.22. The Hall–Kier alpha value is -1.98. The Balaban J connectivity index is 1.63. The van der Waals surface area contributed by atoms with Crippen LogP contribution in [0.4, 0.5) is 5.82 Å². The van der Waals surface area contributed by atoms with Gasteiger partial charge in [0.05, 0.1) is 11.6 Å². The van der Waals surface area contributed by atoms with Crippen LogP contribution in [0.3, 0.4) is 0 Å². The summed E-state index contributed by atoms with van der Waals surface area (Å²) in [5.74, 6) is 1.54. The number of fused-ring (bicyclic) bond motifs is 3. The quantitative estimate of drug-likeness (QED) is 0.535. The number of hydrogen-bond acceptors (Lipinski definition) is 5. The lowest BCUT2D eigenvalue weighted by Gasteiger charge is -2.18. The Morgan fingerprint density at radius 1 is 1.29 bits per heavy atom. The number of hydrazone groups is 1. The molecule has 0 saturated carbocycles. The zero-order valence-corrected chi connectivity index (χ0v) is 14.9. The van der Waals surface area contributed by atoms with Crippen molar-refractivity contribution < 1.29 is 0 Å². The maximum atomic E-state index is 5.90. The second-order valence-corrected chi connectivity index (χ2v) is 7.70. The Morgan fingerprint density at radius 2 is 2.12 bits per heavy atom. The van der Waals surface area contributed by atoms with Crippen LogP contribution in [-0.4, -0.2) is 16.2 Å². The minimum atomic E-state index is 0.719. The summed E-state index contributed by atoms with van der Waals surface area (Å²) in [5.41, 5.74) is 5.48. The van der Waals surface area contributed by atoms with Crippen molar-refractivity contribution in [1.29, 1.82) is 0 Å². The van der Waals surface area contributed by atoms with E-state index in [0.717, 1.165) is 45.4 Å². The normalized spacial score (nSPS) is 17.3. The van der Waals surface area contributed by atoms with Crippen LogP contribution in [0, 0.1) is 5.92 Å². The number of hydrogen-bond donors (Lipinski definition) is 1. The number of aromatic nitrogens is 2. The van der Waals surface area contributed by atoms with Gasteiger partial charge >= 0.3 is 0 Å². The standard InChI is InChI=1S/C18H17ClN4S/c1-11-2-7-14-15(8-11)24-18-16(14)17(20-10-21-18)23-22-9-12-3-5-13(19)6-4-12/h3-6,9-11H,2,7-8H2,1H3,(H,20,21,23)/b22-9+/t11-/m1/s1. The highest BCUT2D eigenvalue weighted by Crippen LogP contribution is 2.39. The van der Waals surface area contributed by atoms with Crippen molar-refractivity contribution in [3.63, 3.8) is 0 Å². The lowest BCUT2D eigenvalue weighted by Crippen LogP contribution is -2.09. The zero-order valence-electron chi connectivity index (χ0n) is 13.3. The first-order chi connectivity index (χ1) is 11.7. The Morgan fingerprint density at radius 3 is 2.96 bits per heavy atom. The Kier molecular flexibility index (Phi) is 4.21. The molecule has 6 heteroatoms. The molecular weight excluding hydrogens is 340 g/mol. The van der Waals surface area contributed by atoms with E-state index >= 15 is 0 Å². The predicted octanol–water partition coefficient (Wildman–Crippen LogP) is 4.92. The highest BCUT2D eigenvalue weighted by molar-refractivity contribution is 7.19. The Bertz CT molecular complexity index is 901. The topological polar surface area (TPSA) is 50.2 Å². The van der Waals surface area contributed by atoms with Crippen molar-refractivity contribution in [1.82, 2.24) is 9.97 Å². The van der Waals surface area contributed by atoms with Crippen molar-refractivity contribution in [2.75, 3.05) is 5.43 Å². The third kappa shape index (κ3) is 3.01. The second-order valence-electron chi connectivity index (χ2n) is 6.18.